The first-order valence-corrected chi connectivity index (χ1v) is 11.1. The number of H-pyrrole nitrogens is 1. The number of hydrogen-bond donors (Lipinski definition) is 2. The molecule has 2 amide bonds. The zero-order chi connectivity index (χ0) is 21.3. The molecule has 0 bridgehead atoms. The highest BCUT2D eigenvalue weighted by Crippen LogP contribution is 2.40. The van der Waals surface area contributed by atoms with Gasteiger partial charge in [-0.2, -0.15) is 0 Å². The first-order valence-electron chi connectivity index (χ1n) is 11.1. The number of fused-ring (bicyclic) bond motifs is 2. The maximum absolute atomic E-state index is 12.9. The van der Waals surface area contributed by atoms with Gasteiger partial charge >= 0.3 is 0 Å². The van der Waals surface area contributed by atoms with Gasteiger partial charge in [0.2, 0.25) is 11.8 Å². The molecule has 2 aliphatic heterocycles. The molecule has 1 aromatic carbocycles. The Balaban J connectivity index is 0.000000313. The van der Waals surface area contributed by atoms with Crippen molar-refractivity contribution in [3.05, 3.63) is 41.6 Å². The second-order valence-electron chi connectivity index (χ2n) is 8.39. The molecule has 6 nitrogen and oxygen atoms in total. The van der Waals surface area contributed by atoms with Crippen LogP contribution in [0.15, 0.2) is 30.5 Å². The highest BCUT2D eigenvalue weighted by molar-refractivity contribution is 5.99. The molecule has 2 atom stereocenters. The van der Waals surface area contributed by atoms with Crippen molar-refractivity contribution in [2.45, 2.75) is 39.2 Å². The lowest BCUT2D eigenvalue weighted by atomic mass is 9.79. The number of likely N-dealkylation sites (N-methyl/N-ethyl adjacent to an activating group) is 1. The molecular formula is C24H32N4O2. The monoisotopic (exact) mass is 408 g/mol. The Morgan fingerprint density at radius 1 is 1.27 bits per heavy atom. The van der Waals surface area contributed by atoms with Gasteiger partial charge in [0.25, 0.3) is 0 Å². The predicted octanol–water partition coefficient (Wildman–Crippen LogP) is 2.80. The molecule has 3 heterocycles. The van der Waals surface area contributed by atoms with Crippen LogP contribution >= 0.6 is 0 Å². The Morgan fingerprint density at radius 3 is 2.70 bits per heavy atom. The van der Waals surface area contributed by atoms with Gasteiger partial charge in [-0.15, -0.1) is 0 Å². The molecule has 6 heteroatoms. The Morgan fingerprint density at radius 2 is 2.07 bits per heavy atom. The minimum absolute atomic E-state index is 0.0445. The molecule has 3 aliphatic rings. The van der Waals surface area contributed by atoms with Crippen molar-refractivity contribution in [3.63, 3.8) is 0 Å². The van der Waals surface area contributed by atoms with E-state index < -0.39 is 0 Å². The number of nitrogens with one attached hydrogen (secondary N) is 2. The summed E-state index contributed by atoms with van der Waals surface area (Å²) >= 11 is 0. The molecule has 1 fully saturated rings. The van der Waals surface area contributed by atoms with Crippen LogP contribution in [0.5, 0.6) is 0 Å². The van der Waals surface area contributed by atoms with Crippen LogP contribution in [0.4, 0.5) is 0 Å². The Kier molecular flexibility index (Phi) is 5.95. The van der Waals surface area contributed by atoms with Gasteiger partial charge in [0, 0.05) is 55.7 Å². The molecule has 1 saturated heterocycles. The van der Waals surface area contributed by atoms with E-state index in [0.29, 0.717) is 6.04 Å². The smallest absolute Gasteiger partial charge is 0.230 e. The summed E-state index contributed by atoms with van der Waals surface area (Å²) < 4.78 is 0. The van der Waals surface area contributed by atoms with E-state index in [-0.39, 0.29) is 17.7 Å². The Hall–Kier alpha value is -2.60. The lowest BCUT2D eigenvalue weighted by Gasteiger charge is -2.40. The maximum atomic E-state index is 12.9. The van der Waals surface area contributed by atoms with Crippen LogP contribution in [0.25, 0.3) is 16.5 Å². The van der Waals surface area contributed by atoms with Crippen LogP contribution in [0.3, 0.4) is 0 Å². The quantitative estimate of drug-likeness (QED) is 0.821. The largest absolute Gasteiger partial charge is 0.361 e. The van der Waals surface area contributed by atoms with Gasteiger partial charge in [-0.1, -0.05) is 18.2 Å². The molecule has 0 radical (unpaired) electrons. The minimum Gasteiger partial charge on any atom is -0.361 e. The molecule has 160 valence electrons. The van der Waals surface area contributed by atoms with Crippen LogP contribution < -0.4 is 5.32 Å². The number of nitrogens with zero attached hydrogens (tertiary/aromatic N) is 2. The summed E-state index contributed by atoms with van der Waals surface area (Å²) in [6.45, 7) is 7.35. The second-order valence-corrected chi connectivity index (χ2v) is 8.39. The standard InChI is InChI=1S/C20H25N3O.C4H7NO/c1-4-23(5-2)20(24)14-9-16-15-7-6-8-17-19(15)13(11-21-17)10-18(16)22(3)12-14;6-4-2-1-3-5-4/h6-9,11,14,18,21H,4-5,10,12H2,1-3H3;1-3H2,(H,5,6)/t14-,18-;/m1./s1. The van der Waals surface area contributed by atoms with Crippen molar-refractivity contribution in [1.29, 1.82) is 0 Å². The van der Waals surface area contributed by atoms with Crippen molar-refractivity contribution < 1.29 is 9.59 Å². The Bertz CT molecular complexity index is 965. The zero-order valence-corrected chi connectivity index (χ0v) is 18.2. The molecule has 1 aromatic heterocycles. The molecular weight excluding hydrogens is 376 g/mol. The van der Waals surface area contributed by atoms with Crippen molar-refractivity contribution in [3.8, 4) is 0 Å². The number of benzene rings is 1. The van der Waals surface area contributed by atoms with E-state index in [1.165, 1.54) is 27.6 Å². The van der Waals surface area contributed by atoms with E-state index in [9.17, 15) is 9.59 Å². The topological polar surface area (TPSA) is 68.4 Å². The van der Waals surface area contributed by atoms with Gasteiger partial charge in [0.05, 0.1) is 5.92 Å². The van der Waals surface area contributed by atoms with E-state index in [1.807, 2.05) is 4.90 Å². The third-order valence-electron chi connectivity index (χ3n) is 6.56. The molecule has 0 unspecified atom stereocenters. The zero-order valence-electron chi connectivity index (χ0n) is 18.2. The number of carbonyl (C=O) groups excluding carboxylic acids is 2. The Labute approximate surface area is 178 Å². The van der Waals surface area contributed by atoms with E-state index in [0.717, 1.165) is 45.4 Å². The SMILES string of the molecule is CCN(CC)C(=O)[C@@H]1C=C2c3cccc4[nH]cc(c34)C[C@H]2N(C)C1.O=C1CCCN1. The van der Waals surface area contributed by atoms with Gasteiger partial charge in [0.15, 0.2) is 0 Å². The number of aromatic nitrogens is 1. The predicted molar refractivity (Wildman–Crippen MR) is 120 cm³/mol. The first kappa shape index (κ1) is 20.7. The summed E-state index contributed by atoms with van der Waals surface area (Å²) in [4.78, 5) is 30.7. The van der Waals surface area contributed by atoms with Crippen molar-refractivity contribution in [2.24, 2.45) is 5.92 Å². The molecule has 5 rings (SSSR count). The number of aromatic amines is 1. The second kappa shape index (κ2) is 8.64. The molecule has 0 saturated carbocycles. The van der Waals surface area contributed by atoms with Crippen molar-refractivity contribution >= 4 is 28.3 Å². The van der Waals surface area contributed by atoms with Crippen LogP contribution in [0, 0.1) is 5.92 Å². The first-order chi connectivity index (χ1) is 14.5. The third-order valence-corrected chi connectivity index (χ3v) is 6.56. The maximum Gasteiger partial charge on any atom is 0.230 e. The fraction of sp³-hybridized carbons (Fsp3) is 0.500. The average Bonchev–Trinajstić information content (AvgIpc) is 3.40. The van der Waals surface area contributed by atoms with E-state index in [2.05, 4.69) is 66.6 Å². The highest BCUT2D eigenvalue weighted by Gasteiger charge is 2.36. The molecule has 0 spiro atoms. The number of carbonyl (C=O) groups is 2. The minimum atomic E-state index is -0.0445. The van der Waals surface area contributed by atoms with Crippen LogP contribution in [0.2, 0.25) is 0 Å². The molecule has 1 aliphatic carbocycles. The normalized spacial score (nSPS) is 22.6. The fourth-order valence-electron chi connectivity index (χ4n) is 4.94. The number of rotatable bonds is 3. The summed E-state index contributed by atoms with van der Waals surface area (Å²) in [6, 6.07) is 6.82. The number of hydrogen-bond acceptors (Lipinski definition) is 3. The van der Waals surface area contributed by atoms with Gasteiger partial charge < -0.3 is 15.2 Å². The van der Waals surface area contributed by atoms with Crippen LogP contribution in [-0.2, 0) is 16.0 Å². The van der Waals surface area contributed by atoms with Gasteiger partial charge in [-0.05, 0) is 56.5 Å². The van der Waals surface area contributed by atoms with E-state index >= 15 is 0 Å². The summed E-state index contributed by atoms with van der Waals surface area (Å²) in [7, 11) is 2.15. The highest BCUT2D eigenvalue weighted by atomic mass is 16.2. The van der Waals surface area contributed by atoms with Crippen molar-refractivity contribution in [2.75, 3.05) is 33.2 Å². The summed E-state index contributed by atoms with van der Waals surface area (Å²) in [5.74, 6) is 0.414. The molecule has 2 N–H and O–H groups in total. The van der Waals surface area contributed by atoms with Gasteiger partial charge in [0.1, 0.15) is 0 Å². The van der Waals surface area contributed by atoms with E-state index in [4.69, 9.17) is 0 Å². The molecule has 2 aromatic rings. The van der Waals surface area contributed by atoms with Crippen LogP contribution in [0.1, 0.15) is 37.8 Å². The lowest BCUT2D eigenvalue weighted by molar-refractivity contribution is -0.134. The summed E-state index contributed by atoms with van der Waals surface area (Å²) in [6.07, 6.45) is 7.17. The summed E-state index contributed by atoms with van der Waals surface area (Å²) in [5, 5.41) is 4.02. The fourth-order valence-corrected chi connectivity index (χ4v) is 4.94. The van der Waals surface area contributed by atoms with Gasteiger partial charge in [-0.25, -0.2) is 0 Å². The third kappa shape index (κ3) is 3.76. The average molecular weight is 409 g/mol. The molecule has 30 heavy (non-hydrogen) atoms. The lowest BCUT2D eigenvalue weighted by Crippen LogP contribution is -2.47. The van der Waals surface area contributed by atoms with Crippen molar-refractivity contribution in [1.82, 2.24) is 20.1 Å². The van der Waals surface area contributed by atoms with Gasteiger partial charge in [-0.3, -0.25) is 14.5 Å². The summed E-state index contributed by atoms with van der Waals surface area (Å²) in [5.41, 5.74) is 5.21. The van der Waals surface area contributed by atoms with E-state index in [1.54, 1.807) is 0 Å². The van der Waals surface area contributed by atoms with Crippen LogP contribution in [-0.4, -0.2) is 65.9 Å². The number of amides is 2.